The molecule has 1 N–H and O–H groups in total. The molecule has 1 fully saturated rings. The number of carbonyl (C=O) groups is 1. The van der Waals surface area contributed by atoms with E-state index in [9.17, 15) is 44.3 Å². The largest absolute Gasteiger partial charge is 0.481 e. The predicted octanol–water partition coefficient (Wildman–Crippen LogP) is 8.84. The molecule has 0 saturated carbocycles. The number of rotatable bonds is 5. The van der Waals surface area contributed by atoms with E-state index in [1.54, 1.807) is 17.0 Å². The van der Waals surface area contributed by atoms with Crippen LogP contribution in [0, 0.1) is 0 Å². The molecule has 1 heterocycles. The standard InChI is InChI=1S/C14H15F6N.C7H5F3.C6H10O2/c15-13(16,17)11-4-5-12(14(18,19)20)10(8-11)9-21-6-2-1-3-7-21;8-7(9,10)6-4-2-1-3-5-6;1-2-3-4-5-6(7)8/h4-5,8H,1-3,6-7,9H2;1-5H;3-4H,2,5H2,1H3,(H,7,8)/b;;4-3-. The number of hydrogen-bond donors (Lipinski definition) is 1. The van der Waals surface area contributed by atoms with Gasteiger partial charge in [-0.05, 0) is 56.1 Å². The van der Waals surface area contributed by atoms with Crippen LogP contribution in [0.2, 0.25) is 0 Å². The molecule has 3 rings (SSSR count). The third kappa shape index (κ3) is 13.6. The smallest absolute Gasteiger partial charge is 0.416 e. The molecule has 2 aromatic carbocycles. The van der Waals surface area contributed by atoms with Gasteiger partial charge in [-0.3, -0.25) is 9.69 Å². The van der Waals surface area contributed by atoms with Crippen LogP contribution in [0.1, 0.15) is 61.3 Å². The van der Waals surface area contributed by atoms with Gasteiger partial charge in [0, 0.05) is 6.54 Å². The van der Waals surface area contributed by atoms with Gasteiger partial charge in [-0.1, -0.05) is 55.8 Å². The lowest BCUT2D eigenvalue weighted by atomic mass is 10.0. The van der Waals surface area contributed by atoms with Gasteiger partial charge in [0.25, 0.3) is 0 Å². The van der Waals surface area contributed by atoms with Crippen molar-refractivity contribution in [2.24, 2.45) is 0 Å². The van der Waals surface area contributed by atoms with Crippen molar-refractivity contribution in [3.63, 3.8) is 0 Å². The highest BCUT2D eigenvalue weighted by molar-refractivity contribution is 5.68. The summed E-state index contributed by atoms with van der Waals surface area (Å²) < 4.78 is 112. The highest BCUT2D eigenvalue weighted by Crippen LogP contribution is 2.37. The van der Waals surface area contributed by atoms with Crippen LogP contribution in [0.15, 0.2) is 60.7 Å². The first-order chi connectivity index (χ1) is 18.1. The maximum atomic E-state index is 12.9. The Labute approximate surface area is 220 Å². The molecule has 0 spiro atoms. The fourth-order valence-corrected chi connectivity index (χ4v) is 3.51. The van der Waals surface area contributed by atoms with Crippen molar-refractivity contribution >= 4 is 5.97 Å². The van der Waals surface area contributed by atoms with E-state index in [-0.39, 0.29) is 18.5 Å². The molecule has 0 aromatic heterocycles. The maximum Gasteiger partial charge on any atom is 0.416 e. The molecule has 0 aliphatic carbocycles. The first-order valence-corrected chi connectivity index (χ1v) is 12.0. The molecule has 0 amide bonds. The Kier molecular flexibility index (Phi) is 13.6. The minimum Gasteiger partial charge on any atom is -0.481 e. The number of carboxylic acids is 1. The molecule has 0 unspecified atom stereocenters. The number of carboxylic acid groups (broad SMARTS) is 1. The van der Waals surface area contributed by atoms with Crippen LogP contribution in [0.3, 0.4) is 0 Å². The molecule has 0 atom stereocenters. The number of allylic oxidation sites excluding steroid dienone is 1. The van der Waals surface area contributed by atoms with E-state index >= 15 is 0 Å². The fraction of sp³-hybridized carbons (Fsp3) is 0.444. The van der Waals surface area contributed by atoms with E-state index < -0.39 is 41.2 Å². The van der Waals surface area contributed by atoms with Crippen molar-refractivity contribution in [2.75, 3.05) is 13.1 Å². The second kappa shape index (κ2) is 15.5. The van der Waals surface area contributed by atoms with Gasteiger partial charge in [-0.2, -0.15) is 39.5 Å². The van der Waals surface area contributed by atoms with Crippen molar-refractivity contribution in [3.8, 4) is 0 Å². The summed E-state index contributed by atoms with van der Waals surface area (Å²) in [6, 6.07) is 8.00. The minimum absolute atomic E-state index is 0.0984. The monoisotopic (exact) mass is 571 g/mol. The third-order valence-electron chi connectivity index (χ3n) is 5.38. The quantitative estimate of drug-likeness (QED) is 0.288. The van der Waals surface area contributed by atoms with Crippen LogP contribution in [-0.4, -0.2) is 29.1 Å². The highest BCUT2D eigenvalue weighted by Gasteiger charge is 2.37. The van der Waals surface area contributed by atoms with Crippen LogP contribution in [0.5, 0.6) is 0 Å². The van der Waals surface area contributed by atoms with Crippen molar-refractivity contribution in [3.05, 3.63) is 82.9 Å². The van der Waals surface area contributed by atoms with Gasteiger partial charge in [-0.25, -0.2) is 0 Å². The van der Waals surface area contributed by atoms with E-state index in [1.165, 1.54) is 12.1 Å². The van der Waals surface area contributed by atoms with Crippen LogP contribution in [-0.2, 0) is 29.9 Å². The van der Waals surface area contributed by atoms with Crippen molar-refractivity contribution in [2.45, 2.75) is 64.1 Å². The van der Waals surface area contributed by atoms with Gasteiger partial charge in [0.15, 0.2) is 0 Å². The van der Waals surface area contributed by atoms with Crippen LogP contribution in [0.25, 0.3) is 0 Å². The highest BCUT2D eigenvalue weighted by atomic mass is 19.4. The van der Waals surface area contributed by atoms with E-state index in [4.69, 9.17) is 5.11 Å². The lowest BCUT2D eigenvalue weighted by Crippen LogP contribution is -2.30. The number of hydrogen-bond acceptors (Lipinski definition) is 2. The van der Waals surface area contributed by atoms with Gasteiger partial charge >= 0.3 is 24.5 Å². The molecule has 0 radical (unpaired) electrons. The van der Waals surface area contributed by atoms with Gasteiger partial charge in [0.05, 0.1) is 23.1 Å². The molecular weight excluding hydrogens is 541 g/mol. The molecule has 1 aliphatic heterocycles. The second-order valence-corrected chi connectivity index (χ2v) is 8.55. The summed E-state index contributed by atoms with van der Waals surface area (Å²) in [6.07, 6.45) is -6.21. The van der Waals surface area contributed by atoms with E-state index in [0.717, 1.165) is 37.8 Å². The summed E-state index contributed by atoms with van der Waals surface area (Å²) in [7, 11) is 0. The Morgan fingerprint density at radius 1 is 0.795 bits per heavy atom. The van der Waals surface area contributed by atoms with Gasteiger partial charge < -0.3 is 5.11 Å². The zero-order valence-electron chi connectivity index (χ0n) is 21.1. The molecule has 3 nitrogen and oxygen atoms in total. The van der Waals surface area contributed by atoms with E-state index in [2.05, 4.69) is 0 Å². The maximum absolute atomic E-state index is 12.9. The second-order valence-electron chi connectivity index (χ2n) is 8.55. The Hall–Kier alpha value is -3.02. The average molecular weight is 572 g/mol. The van der Waals surface area contributed by atoms with Crippen molar-refractivity contribution in [1.29, 1.82) is 0 Å². The summed E-state index contributed by atoms with van der Waals surface area (Å²) in [5.74, 6) is -0.769. The first kappa shape index (κ1) is 34.0. The first-order valence-electron chi connectivity index (χ1n) is 12.0. The summed E-state index contributed by atoms with van der Waals surface area (Å²) in [4.78, 5) is 11.6. The Morgan fingerprint density at radius 2 is 1.36 bits per heavy atom. The molecule has 1 aliphatic rings. The number of likely N-dealkylation sites (tertiary alicyclic amines) is 1. The van der Waals surface area contributed by atoms with Crippen LogP contribution < -0.4 is 0 Å². The minimum atomic E-state index is -4.64. The van der Waals surface area contributed by atoms with Gasteiger partial charge in [0.2, 0.25) is 0 Å². The molecule has 2 aromatic rings. The van der Waals surface area contributed by atoms with Gasteiger partial charge in [0.1, 0.15) is 0 Å². The number of aliphatic carboxylic acids is 1. The number of piperidine rings is 1. The molecule has 0 bridgehead atoms. The zero-order chi connectivity index (χ0) is 29.7. The fourth-order valence-electron chi connectivity index (χ4n) is 3.51. The van der Waals surface area contributed by atoms with Crippen LogP contribution in [0.4, 0.5) is 39.5 Å². The predicted molar refractivity (Wildman–Crippen MR) is 129 cm³/mol. The Balaban J connectivity index is 0.000000350. The number of alkyl halides is 9. The zero-order valence-corrected chi connectivity index (χ0v) is 21.1. The lowest BCUT2D eigenvalue weighted by Gasteiger charge is -2.28. The summed E-state index contributed by atoms with van der Waals surface area (Å²) in [6.45, 7) is 3.11. The van der Waals surface area contributed by atoms with Gasteiger partial charge in [-0.15, -0.1) is 0 Å². The topological polar surface area (TPSA) is 40.5 Å². The molecule has 39 heavy (non-hydrogen) atoms. The molecule has 218 valence electrons. The lowest BCUT2D eigenvalue weighted by molar-refractivity contribution is -0.142. The third-order valence-corrected chi connectivity index (χ3v) is 5.38. The normalized spacial score (nSPS) is 14.7. The average Bonchev–Trinajstić information content (AvgIpc) is 2.84. The summed E-state index contributed by atoms with van der Waals surface area (Å²) in [5.41, 5.74) is -2.93. The molecule has 1 saturated heterocycles. The Bertz CT molecular complexity index is 1020. The van der Waals surface area contributed by atoms with Crippen molar-refractivity contribution in [1.82, 2.24) is 4.90 Å². The van der Waals surface area contributed by atoms with E-state index in [1.807, 2.05) is 13.0 Å². The molecular formula is C27H30F9NO2. The SMILES string of the molecule is CC/C=C\CC(=O)O.FC(F)(F)c1ccc(C(F)(F)F)c(CN2CCCCC2)c1.FC(F)(F)c1ccccc1. The number of benzene rings is 2. The number of halogens is 9. The molecule has 12 heteroatoms. The van der Waals surface area contributed by atoms with E-state index in [0.29, 0.717) is 31.3 Å². The van der Waals surface area contributed by atoms with Crippen LogP contribution >= 0.6 is 0 Å². The Morgan fingerprint density at radius 3 is 1.79 bits per heavy atom. The summed E-state index contributed by atoms with van der Waals surface area (Å²) >= 11 is 0. The van der Waals surface area contributed by atoms with Crippen molar-refractivity contribution < 1.29 is 49.4 Å². The number of nitrogens with zero attached hydrogens (tertiary/aromatic N) is 1. The summed E-state index contributed by atoms with van der Waals surface area (Å²) in [5, 5.41) is 8.09.